The van der Waals surface area contributed by atoms with Crippen LogP contribution in [0.15, 0.2) is 22.7 Å². The summed E-state index contributed by atoms with van der Waals surface area (Å²) in [5.41, 5.74) is 6.50. The zero-order valence-corrected chi connectivity index (χ0v) is 9.59. The minimum absolute atomic E-state index is 0.382. The van der Waals surface area contributed by atoms with Crippen LogP contribution < -0.4 is 10.5 Å². The highest BCUT2D eigenvalue weighted by atomic mass is 79.9. The standard InChI is InChI=1S/C11H14BrNO/c12-11-9(13)6-3-7-10(11)14-8-4-1-2-5-8/h3,6-8H,1-2,4-5,13H2. The highest BCUT2D eigenvalue weighted by Gasteiger charge is 2.17. The van der Waals surface area contributed by atoms with Crippen LogP contribution in [0.5, 0.6) is 5.75 Å². The normalized spacial score (nSPS) is 17.2. The number of hydrogen-bond acceptors (Lipinski definition) is 2. The SMILES string of the molecule is Nc1cccc(OC2CCCC2)c1Br. The average molecular weight is 256 g/mol. The second-order valence-corrected chi connectivity index (χ2v) is 4.48. The van der Waals surface area contributed by atoms with Gasteiger partial charge in [-0.3, -0.25) is 0 Å². The largest absolute Gasteiger partial charge is 0.489 e. The molecule has 3 heteroatoms. The van der Waals surface area contributed by atoms with Crippen LogP contribution in [-0.4, -0.2) is 6.10 Å². The third-order valence-corrected chi connectivity index (χ3v) is 3.44. The van der Waals surface area contributed by atoms with E-state index in [-0.39, 0.29) is 0 Å². The maximum absolute atomic E-state index is 5.86. The van der Waals surface area contributed by atoms with Gasteiger partial charge in [-0.25, -0.2) is 0 Å². The Morgan fingerprint density at radius 1 is 1.29 bits per heavy atom. The van der Waals surface area contributed by atoms with Crippen molar-refractivity contribution < 1.29 is 4.74 Å². The molecule has 0 amide bonds. The van der Waals surface area contributed by atoms with Crippen molar-refractivity contribution in [2.24, 2.45) is 0 Å². The van der Waals surface area contributed by atoms with E-state index in [4.69, 9.17) is 10.5 Å². The van der Waals surface area contributed by atoms with Gasteiger partial charge in [0.1, 0.15) is 5.75 Å². The highest BCUT2D eigenvalue weighted by Crippen LogP contribution is 2.33. The molecule has 2 nitrogen and oxygen atoms in total. The van der Waals surface area contributed by atoms with E-state index < -0.39 is 0 Å². The van der Waals surface area contributed by atoms with E-state index >= 15 is 0 Å². The van der Waals surface area contributed by atoms with Crippen LogP contribution in [-0.2, 0) is 0 Å². The van der Waals surface area contributed by atoms with Crippen molar-refractivity contribution in [1.29, 1.82) is 0 Å². The molecule has 0 radical (unpaired) electrons. The van der Waals surface area contributed by atoms with Gasteiger partial charge in [0, 0.05) is 5.69 Å². The second kappa shape index (κ2) is 4.22. The van der Waals surface area contributed by atoms with E-state index in [1.807, 2.05) is 18.2 Å². The molecule has 1 aliphatic rings. The zero-order valence-electron chi connectivity index (χ0n) is 8.00. The lowest BCUT2D eigenvalue weighted by Crippen LogP contribution is -2.11. The lowest BCUT2D eigenvalue weighted by Gasteiger charge is -2.14. The van der Waals surface area contributed by atoms with Gasteiger partial charge in [0.2, 0.25) is 0 Å². The Morgan fingerprint density at radius 2 is 2.00 bits per heavy atom. The summed E-state index contributed by atoms with van der Waals surface area (Å²) in [6.45, 7) is 0. The molecule has 0 aliphatic heterocycles. The number of anilines is 1. The number of halogens is 1. The van der Waals surface area contributed by atoms with Crippen LogP contribution in [0.4, 0.5) is 5.69 Å². The second-order valence-electron chi connectivity index (χ2n) is 3.68. The fourth-order valence-corrected chi connectivity index (χ4v) is 2.16. The maximum atomic E-state index is 5.86. The van der Waals surface area contributed by atoms with Crippen molar-refractivity contribution in [3.63, 3.8) is 0 Å². The van der Waals surface area contributed by atoms with Gasteiger partial charge < -0.3 is 10.5 Å². The molecule has 76 valence electrons. The van der Waals surface area contributed by atoms with Crippen molar-refractivity contribution in [2.75, 3.05) is 5.73 Å². The van der Waals surface area contributed by atoms with E-state index in [2.05, 4.69) is 15.9 Å². The van der Waals surface area contributed by atoms with Crippen molar-refractivity contribution in [3.8, 4) is 5.75 Å². The van der Waals surface area contributed by atoms with E-state index in [0.717, 1.165) is 15.9 Å². The molecule has 1 aromatic carbocycles. The Kier molecular flexibility index (Phi) is 2.96. The van der Waals surface area contributed by atoms with Gasteiger partial charge in [-0.2, -0.15) is 0 Å². The molecule has 0 bridgehead atoms. The molecule has 2 rings (SSSR count). The lowest BCUT2D eigenvalue weighted by molar-refractivity contribution is 0.209. The average Bonchev–Trinajstić information content (AvgIpc) is 2.66. The fraction of sp³-hybridized carbons (Fsp3) is 0.455. The number of benzene rings is 1. The molecule has 0 spiro atoms. The van der Waals surface area contributed by atoms with E-state index in [1.165, 1.54) is 25.7 Å². The first-order valence-corrected chi connectivity index (χ1v) is 5.77. The smallest absolute Gasteiger partial charge is 0.135 e. The van der Waals surface area contributed by atoms with Crippen LogP contribution in [0.2, 0.25) is 0 Å². The number of nitrogens with two attached hydrogens (primary N) is 1. The Hall–Kier alpha value is -0.700. The fourth-order valence-electron chi connectivity index (χ4n) is 1.80. The number of ether oxygens (including phenoxy) is 1. The molecule has 1 fully saturated rings. The molecule has 1 saturated carbocycles. The summed E-state index contributed by atoms with van der Waals surface area (Å²) in [5, 5.41) is 0. The van der Waals surface area contributed by atoms with Gasteiger partial charge in [0.15, 0.2) is 0 Å². The summed E-state index contributed by atoms with van der Waals surface area (Å²) >= 11 is 3.44. The molecule has 0 heterocycles. The number of nitrogen functional groups attached to an aromatic ring is 1. The topological polar surface area (TPSA) is 35.2 Å². The van der Waals surface area contributed by atoms with E-state index in [9.17, 15) is 0 Å². The summed E-state index contributed by atoms with van der Waals surface area (Å²) in [6, 6.07) is 5.74. The first kappa shape index (κ1) is 9.84. The van der Waals surface area contributed by atoms with Gasteiger partial charge in [0.25, 0.3) is 0 Å². The summed E-state index contributed by atoms with van der Waals surface area (Å²) in [5.74, 6) is 0.872. The monoisotopic (exact) mass is 255 g/mol. The van der Waals surface area contributed by atoms with Crippen molar-refractivity contribution in [2.45, 2.75) is 31.8 Å². The molecular formula is C11H14BrNO. The highest BCUT2D eigenvalue weighted by molar-refractivity contribution is 9.10. The van der Waals surface area contributed by atoms with Gasteiger partial charge in [-0.1, -0.05) is 6.07 Å². The van der Waals surface area contributed by atoms with Crippen LogP contribution in [0.1, 0.15) is 25.7 Å². The summed E-state index contributed by atoms with van der Waals surface area (Å²) < 4.78 is 6.74. The van der Waals surface area contributed by atoms with Gasteiger partial charge in [-0.15, -0.1) is 0 Å². The quantitative estimate of drug-likeness (QED) is 0.823. The zero-order chi connectivity index (χ0) is 9.97. The molecule has 2 N–H and O–H groups in total. The minimum Gasteiger partial charge on any atom is -0.489 e. The van der Waals surface area contributed by atoms with Crippen LogP contribution in [0, 0.1) is 0 Å². The van der Waals surface area contributed by atoms with Gasteiger partial charge >= 0.3 is 0 Å². The van der Waals surface area contributed by atoms with Crippen LogP contribution in [0.3, 0.4) is 0 Å². The lowest BCUT2D eigenvalue weighted by atomic mass is 10.3. The van der Waals surface area contributed by atoms with E-state index in [1.54, 1.807) is 0 Å². The van der Waals surface area contributed by atoms with E-state index in [0.29, 0.717) is 6.10 Å². The molecule has 1 aromatic rings. The molecule has 1 aliphatic carbocycles. The molecule has 0 aromatic heterocycles. The molecule has 14 heavy (non-hydrogen) atoms. The van der Waals surface area contributed by atoms with Crippen LogP contribution >= 0.6 is 15.9 Å². The van der Waals surface area contributed by atoms with Crippen LogP contribution in [0.25, 0.3) is 0 Å². The van der Waals surface area contributed by atoms with Crippen molar-refractivity contribution in [1.82, 2.24) is 0 Å². The molecule has 0 saturated heterocycles. The maximum Gasteiger partial charge on any atom is 0.135 e. The Balaban J connectivity index is 2.11. The first-order chi connectivity index (χ1) is 6.77. The summed E-state index contributed by atoms with van der Waals surface area (Å²) in [7, 11) is 0. The summed E-state index contributed by atoms with van der Waals surface area (Å²) in [6.07, 6.45) is 5.28. The molecular weight excluding hydrogens is 242 g/mol. The van der Waals surface area contributed by atoms with Gasteiger partial charge in [-0.05, 0) is 53.7 Å². The Bertz CT molecular complexity index is 321. The third-order valence-electron chi connectivity index (χ3n) is 2.59. The predicted octanol–water partition coefficient (Wildman–Crippen LogP) is 3.35. The number of hydrogen-bond donors (Lipinski definition) is 1. The Morgan fingerprint density at radius 3 is 2.71 bits per heavy atom. The third kappa shape index (κ3) is 2.03. The summed E-state index contributed by atoms with van der Waals surface area (Å²) in [4.78, 5) is 0. The van der Waals surface area contributed by atoms with Gasteiger partial charge in [0.05, 0.1) is 10.6 Å². The molecule has 0 atom stereocenters. The minimum atomic E-state index is 0.382. The van der Waals surface area contributed by atoms with Crippen molar-refractivity contribution >= 4 is 21.6 Å². The first-order valence-electron chi connectivity index (χ1n) is 4.98. The predicted molar refractivity (Wildman–Crippen MR) is 61.4 cm³/mol. The number of rotatable bonds is 2. The Labute approximate surface area is 92.6 Å². The molecule has 0 unspecified atom stereocenters. The van der Waals surface area contributed by atoms with Crippen molar-refractivity contribution in [3.05, 3.63) is 22.7 Å².